The molecule has 0 saturated carbocycles. The van der Waals surface area contributed by atoms with E-state index >= 15 is 0 Å². The third kappa shape index (κ3) is 35.6. The van der Waals surface area contributed by atoms with Crippen LogP contribution in [0.4, 0.5) is 0 Å². The second-order valence-electron chi connectivity index (χ2n) is 14.5. The molecule has 5 heteroatoms. The summed E-state index contributed by atoms with van der Waals surface area (Å²) in [6.07, 6.45) is 34.3. The quantitative estimate of drug-likeness (QED) is 0.0552. The number of carbonyl (C=O) groups is 2. The first-order valence-electron chi connectivity index (χ1n) is 19.8. The van der Waals surface area contributed by atoms with Crippen LogP contribution in [0.1, 0.15) is 214 Å². The number of aliphatic hydroxyl groups is 1. The minimum absolute atomic E-state index is 0.109. The molecule has 0 aliphatic carbocycles. The lowest BCUT2D eigenvalue weighted by atomic mass is 9.99. The maximum Gasteiger partial charge on any atom is 0.305 e. The summed E-state index contributed by atoms with van der Waals surface area (Å²) in [5.74, 6) is 1.18. The maximum absolute atomic E-state index is 12.0. The molecule has 0 spiro atoms. The molecule has 0 amide bonds. The topological polar surface area (TPSA) is 72.8 Å². The van der Waals surface area contributed by atoms with Gasteiger partial charge in [0.1, 0.15) is 19.3 Å². The normalized spacial score (nSPS) is 12.8. The van der Waals surface area contributed by atoms with Crippen LogP contribution in [0.2, 0.25) is 0 Å². The molecule has 0 fully saturated rings. The minimum atomic E-state index is -0.956. The molecule has 45 heavy (non-hydrogen) atoms. The van der Waals surface area contributed by atoms with Crippen molar-refractivity contribution in [2.45, 2.75) is 220 Å². The highest BCUT2D eigenvalue weighted by atomic mass is 16.6. The molecular formula is C40H78O5. The Kier molecular flexibility index (Phi) is 33.4. The van der Waals surface area contributed by atoms with Gasteiger partial charge in [0.2, 0.25) is 0 Å². The molecule has 0 rings (SSSR count). The highest BCUT2D eigenvalue weighted by molar-refractivity contribution is 5.69. The highest BCUT2D eigenvalue weighted by Gasteiger charge is 2.12. The molecule has 0 heterocycles. The van der Waals surface area contributed by atoms with Gasteiger partial charge < -0.3 is 14.6 Å². The molecule has 0 bridgehead atoms. The molecule has 0 aliphatic heterocycles. The maximum atomic E-state index is 12.0. The molecular weight excluding hydrogens is 560 g/mol. The van der Waals surface area contributed by atoms with E-state index in [0.29, 0.717) is 12.8 Å². The summed E-state index contributed by atoms with van der Waals surface area (Å²) in [4.78, 5) is 23.9. The van der Waals surface area contributed by atoms with Crippen molar-refractivity contribution in [2.75, 3.05) is 13.2 Å². The van der Waals surface area contributed by atoms with E-state index in [1.54, 1.807) is 0 Å². The second kappa shape index (κ2) is 34.2. The largest absolute Gasteiger partial charge is 0.463 e. The Labute approximate surface area is 280 Å². The van der Waals surface area contributed by atoms with E-state index in [0.717, 1.165) is 37.5 Å². The molecule has 1 N–H and O–H groups in total. The van der Waals surface area contributed by atoms with Crippen LogP contribution in [0.15, 0.2) is 0 Å². The van der Waals surface area contributed by atoms with Crippen molar-refractivity contribution in [3.8, 4) is 0 Å². The summed E-state index contributed by atoms with van der Waals surface area (Å²) in [6, 6.07) is 0. The smallest absolute Gasteiger partial charge is 0.305 e. The Hall–Kier alpha value is -1.10. The van der Waals surface area contributed by atoms with E-state index < -0.39 is 6.10 Å². The van der Waals surface area contributed by atoms with Crippen molar-refractivity contribution in [1.29, 1.82) is 0 Å². The Balaban J connectivity index is 3.39. The van der Waals surface area contributed by atoms with Crippen LogP contribution in [0.5, 0.6) is 0 Å². The number of aliphatic hydroxyl groups excluding tert-OH is 1. The van der Waals surface area contributed by atoms with Gasteiger partial charge in [-0.1, -0.05) is 188 Å². The van der Waals surface area contributed by atoms with Gasteiger partial charge in [0.25, 0.3) is 0 Å². The average Bonchev–Trinajstić information content (AvgIpc) is 3.02. The lowest BCUT2D eigenvalue weighted by molar-refractivity contribution is -0.152. The molecule has 2 atom stereocenters. The van der Waals surface area contributed by atoms with Crippen molar-refractivity contribution in [3.63, 3.8) is 0 Å². The van der Waals surface area contributed by atoms with Gasteiger partial charge in [-0.15, -0.1) is 0 Å². The summed E-state index contributed by atoms with van der Waals surface area (Å²) < 4.78 is 10.3. The zero-order valence-corrected chi connectivity index (χ0v) is 30.7. The van der Waals surface area contributed by atoms with Crippen molar-refractivity contribution in [3.05, 3.63) is 0 Å². The van der Waals surface area contributed by atoms with Crippen LogP contribution in [0.3, 0.4) is 0 Å². The van der Waals surface area contributed by atoms with Crippen molar-refractivity contribution in [2.24, 2.45) is 11.8 Å². The standard InChI is InChI=1S/C40H78O5/c1-5-37(4)31-27-23-19-15-12-13-17-21-25-29-33-40(43)45-35-38(41)34-44-39(42)32-28-24-20-16-11-9-7-6-8-10-14-18-22-26-30-36(2)3/h36-38,41H,5-35H2,1-4H3/t37?,38-/m1/s1. The Morgan fingerprint density at radius 1 is 0.467 bits per heavy atom. The molecule has 0 saturated heterocycles. The minimum Gasteiger partial charge on any atom is -0.463 e. The fourth-order valence-corrected chi connectivity index (χ4v) is 5.89. The van der Waals surface area contributed by atoms with Gasteiger partial charge in [0.15, 0.2) is 0 Å². The first kappa shape index (κ1) is 43.9. The Morgan fingerprint density at radius 3 is 1.07 bits per heavy atom. The fourth-order valence-electron chi connectivity index (χ4n) is 5.89. The molecule has 0 aliphatic rings. The number of ether oxygens (including phenoxy) is 2. The van der Waals surface area contributed by atoms with Crippen LogP contribution >= 0.6 is 0 Å². The van der Waals surface area contributed by atoms with Gasteiger partial charge in [-0.25, -0.2) is 0 Å². The van der Waals surface area contributed by atoms with E-state index in [1.165, 1.54) is 148 Å². The van der Waals surface area contributed by atoms with E-state index in [4.69, 9.17) is 9.47 Å². The Bertz CT molecular complexity index is 634. The molecule has 0 aromatic heterocycles. The summed E-state index contributed by atoms with van der Waals surface area (Å²) in [6.45, 7) is 9.04. The lowest BCUT2D eigenvalue weighted by Gasteiger charge is -2.12. The van der Waals surface area contributed by atoms with Gasteiger partial charge in [0, 0.05) is 12.8 Å². The van der Waals surface area contributed by atoms with Crippen molar-refractivity contribution >= 4 is 11.9 Å². The summed E-state index contributed by atoms with van der Waals surface area (Å²) >= 11 is 0. The lowest BCUT2D eigenvalue weighted by Crippen LogP contribution is -2.25. The van der Waals surface area contributed by atoms with Crippen LogP contribution in [-0.4, -0.2) is 36.4 Å². The summed E-state index contributed by atoms with van der Waals surface area (Å²) in [7, 11) is 0. The first-order chi connectivity index (χ1) is 21.8. The third-order valence-electron chi connectivity index (χ3n) is 9.31. The highest BCUT2D eigenvalue weighted by Crippen LogP contribution is 2.17. The molecule has 0 radical (unpaired) electrons. The van der Waals surface area contributed by atoms with Crippen molar-refractivity contribution < 1.29 is 24.2 Å². The van der Waals surface area contributed by atoms with Gasteiger partial charge in [-0.2, -0.15) is 0 Å². The Morgan fingerprint density at radius 2 is 0.756 bits per heavy atom. The van der Waals surface area contributed by atoms with Crippen LogP contribution in [0, 0.1) is 11.8 Å². The SMILES string of the molecule is CCC(C)CCCCCCCCCCCCC(=O)OC[C@H](O)COC(=O)CCCCCCCCCCCCCCCCC(C)C. The molecule has 0 aromatic carbocycles. The summed E-state index contributed by atoms with van der Waals surface area (Å²) in [5.41, 5.74) is 0. The molecule has 268 valence electrons. The van der Waals surface area contributed by atoms with Crippen molar-refractivity contribution in [1.82, 2.24) is 0 Å². The molecule has 0 aromatic rings. The van der Waals surface area contributed by atoms with Gasteiger partial charge in [0.05, 0.1) is 0 Å². The van der Waals surface area contributed by atoms with Crippen LogP contribution < -0.4 is 0 Å². The van der Waals surface area contributed by atoms with E-state index in [9.17, 15) is 14.7 Å². The number of carbonyl (C=O) groups excluding carboxylic acids is 2. The zero-order valence-electron chi connectivity index (χ0n) is 30.7. The zero-order chi connectivity index (χ0) is 33.2. The second-order valence-corrected chi connectivity index (χ2v) is 14.5. The van der Waals surface area contributed by atoms with Crippen LogP contribution in [-0.2, 0) is 19.1 Å². The predicted molar refractivity (Wildman–Crippen MR) is 191 cm³/mol. The van der Waals surface area contributed by atoms with Gasteiger partial charge in [-0.3, -0.25) is 9.59 Å². The molecule has 5 nitrogen and oxygen atoms in total. The predicted octanol–water partition coefficient (Wildman–Crippen LogP) is 12.1. The first-order valence-corrected chi connectivity index (χ1v) is 19.8. The van der Waals surface area contributed by atoms with E-state index in [2.05, 4.69) is 27.7 Å². The number of hydrogen-bond donors (Lipinski definition) is 1. The van der Waals surface area contributed by atoms with E-state index in [1.807, 2.05) is 0 Å². The average molecular weight is 639 g/mol. The number of hydrogen-bond acceptors (Lipinski definition) is 5. The third-order valence-corrected chi connectivity index (χ3v) is 9.31. The van der Waals surface area contributed by atoms with Gasteiger partial charge >= 0.3 is 11.9 Å². The monoisotopic (exact) mass is 639 g/mol. The summed E-state index contributed by atoms with van der Waals surface area (Å²) in [5, 5.41) is 10.0. The fraction of sp³-hybridized carbons (Fsp3) is 0.950. The van der Waals surface area contributed by atoms with Crippen LogP contribution in [0.25, 0.3) is 0 Å². The number of rotatable bonds is 35. The number of unbranched alkanes of at least 4 members (excludes halogenated alkanes) is 22. The van der Waals surface area contributed by atoms with Gasteiger partial charge in [-0.05, 0) is 24.7 Å². The van der Waals surface area contributed by atoms with E-state index in [-0.39, 0.29) is 25.2 Å². The molecule has 1 unspecified atom stereocenters. The number of esters is 2.